The quantitative estimate of drug-likeness (QED) is 0.610. The molecule has 0 saturated carbocycles. The van der Waals surface area contributed by atoms with Crippen molar-refractivity contribution in [3.8, 4) is 6.07 Å². The van der Waals surface area contributed by atoms with Crippen molar-refractivity contribution in [1.82, 2.24) is 0 Å². The minimum absolute atomic E-state index is 0.390. The maximum absolute atomic E-state index is 9.42. The topological polar surface area (TPSA) is 73.1 Å². The van der Waals surface area contributed by atoms with Gasteiger partial charge in [-0.05, 0) is 4.57 Å². The van der Waals surface area contributed by atoms with E-state index in [1.807, 2.05) is 0 Å². The first-order chi connectivity index (χ1) is 5.18. The van der Waals surface area contributed by atoms with Gasteiger partial charge in [-0.25, -0.2) is 0 Å². The fourth-order valence-electron chi connectivity index (χ4n) is 0.0816. The summed E-state index contributed by atoms with van der Waals surface area (Å²) < 4.78 is 13.2. The van der Waals surface area contributed by atoms with Crippen molar-refractivity contribution in [2.75, 3.05) is 6.61 Å². The Kier molecular flexibility index (Phi) is 14.6. The third kappa shape index (κ3) is 26.4. The molecule has 0 spiro atoms. The Morgan fingerprint density at radius 1 is 1.55 bits per heavy atom. The van der Waals surface area contributed by atoms with E-state index >= 15 is 0 Å². The van der Waals surface area contributed by atoms with Gasteiger partial charge >= 0.3 is 8.25 Å². The Balaban J connectivity index is 0. The van der Waals surface area contributed by atoms with E-state index in [-0.39, 0.29) is 0 Å². The molecule has 0 aromatic heterocycles. The number of nitriles is 1. The summed E-state index contributed by atoms with van der Waals surface area (Å²) in [6.07, 6.45) is 2.64. The van der Waals surface area contributed by atoms with E-state index in [1.165, 1.54) is 18.9 Å². The van der Waals surface area contributed by atoms with Crippen molar-refractivity contribution in [2.45, 2.75) is 26.7 Å². The van der Waals surface area contributed by atoms with Gasteiger partial charge in [0.2, 0.25) is 0 Å². The van der Waals surface area contributed by atoms with E-state index in [4.69, 9.17) is 5.26 Å². The largest absolute Gasteiger partial charge is 0.566 e. The standard InChI is InChI=1S/C4H10.C2H2NO3P/c1-3-4-2;3-1-2-6-7(4)5/h3-4H2,1-2H3;2H2. The monoisotopic (exact) mass is 177 g/mol. The molecule has 0 radical (unpaired) electrons. The highest BCUT2D eigenvalue weighted by Gasteiger charge is 1.95. The van der Waals surface area contributed by atoms with Crippen molar-refractivity contribution >= 4 is 8.25 Å². The minimum Gasteiger partial charge on any atom is -0.566 e. The predicted molar refractivity (Wildman–Crippen MR) is 39.8 cm³/mol. The second-order valence-electron chi connectivity index (χ2n) is 1.66. The number of nitrogens with zero attached hydrogens (tertiary/aromatic N) is 1. The fraction of sp³-hybridized carbons (Fsp3) is 0.833. The van der Waals surface area contributed by atoms with Gasteiger partial charge in [-0.2, -0.15) is 5.26 Å². The normalized spacial score (nSPS) is 9.09. The first-order valence-corrected chi connectivity index (χ1v) is 4.42. The molecule has 0 aliphatic heterocycles. The molecular formula is C6H12NO3P. The van der Waals surface area contributed by atoms with Gasteiger partial charge in [-0.3, -0.25) is 0 Å². The molecule has 1 unspecified atom stereocenters. The number of hydrogen-bond acceptors (Lipinski definition) is 4. The smallest absolute Gasteiger partial charge is 0.489 e. The van der Waals surface area contributed by atoms with E-state index in [2.05, 4.69) is 18.4 Å². The average Bonchev–Trinajstić information content (AvgIpc) is 2.01. The number of unbranched alkanes of at least 4 members (excludes halogenated alkanes) is 1. The lowest BCUT2D eigenvalue weighted by molar-refractivity contribution is -0.184. The Labute approximate surface area is 67.7 Å². The molecule has 4 nitrogen and oxygen atoms in total. The molecule has 1 atom stereocenters. The summed E-state index contributed by atoms with van der Waals surface area (Å²) in [5.74, 6) is 0. The van der Waals surface area contributed by atoms with Crippen molar-refractivity contribution in [3.05, 3.63) is 0 Å². The maximum Gasteiger partial charge on any atom is 0.489 e. The summed E-state index contributed by atoms with van der Waals surface area (Å²) in [6, 6.07) is 1.49. The molecule has 0 bridgehead atoms. The van der Waals surface area contributed by atoms with Gasteiger partial charge in [0.15, 0.2) is 6.61 Å². The van der Waals surface area contributed by atoms with Gasteiger partial charge in [0.1, 0.15) is 0 Å². The van der Waals surface area contributed by atoms with Gasteiger partial charge in [0.05, 0.1) is 6.07 Å². The molecule has 0 aromatic rings. The van der Waals surface area contributed by atoms with Gasteiger partial charge in [0.25, 0.3) is 0 Å². The molecule has 0 rings (SSSR count). The highest BCUT2D eigenvalue weighted by molar-refractivity contribution is 7.30. The van der Waals surface area contributed by atoms with E-state index in [0.29, 0.717) is 0 Å². The van der Waals surface area contributed by atoms with Crippen LogP contribution in [0.5, 0.6) is 0 Å². The molecule has 0 N–H and O–H groups in total. The fourth-order valence-corrected chi connectivity index (χ4v) is 0.245. The molecule has 0 aliphatic carbocycles. The third-order valence-corrected chi connectivity index (χ3v) is 1.07. The molecule has 0 saturated heterocycles. The van der Waals surface area contributed by atoms with Gasteiger partial charge in [-0.1, -0.05) is 26.7 Å². The molecule has 5 heteroatoms. The van der Waals surface area contributed by atoms with Crippen molar-refractivity contribution in [2.24, 2.45) is 0 Å². The summed E-state index contributed by atoms with van der Waals surface area (Å²) in [5.41, 5.74) is 0. The number of hydrogen-bond donors (Lipinski definition) is 0. The lowest BCUT2D eigenvalue weighted by Gasteiger charge is -1.76. The zero-order valence-electron chi connectivity index (χ0n) is 6.74. The van der Waals surface area contributed by atoms with Crippen molar-refractivity contribution in [1.29, 1.82) is 5.26 Å². The van der Waals surface area contributed by atoms with E-state index in [9.17, 15) is 9.46 Å². The Bertz CT molecular complexity index is 130. The summed E-state index contributed by atoms with van der Waals surface area (Å²) in [6.45, 7) is 3.97. The van der Waals surface area contributed by atoms with Crippen LogP contribution >= 0.6 is 8.25 Å². The zero-order chi connectivity index (χ0) is 9.11. The van der Waals surface area contributed by atoms with Crippen LogP contribution in [-0.2, 0) is 9.09 Å². The lowest BCUT2D eigenvalue weighted by atomic mass is 10.4. The van der Waals surface area contributed by atoms with Gasteiger partial charge in [-0.15, -0.1) is 4.52 Å². The zero-order valence-corrected chi connectivity index (χ0v) is 7.63. The third-order valence-electron chi connectivity index (χ3n) is 0.735. The summed E-state index contributed by atoms with van der Waals surface area (Å²) in [4.78, 5) is 9.42. The van der Waals surface area contributed by atoms with E-state index in [1.54, 1.807) is 0 Å². The molecule has 0 aromatic carbocycles. The van der Waals surface area contributed by atoms with Gasteiger partial charge in [0, 0.05) is 0 Å². The highest BCUT2D eigenvalue weighted by atomic mass is 31.1. The maximum atomic E-state index is 9.42. The molecule has 0 aliphatic rings. The average molecular weight is 177 g/mol. The van der Waals surface area contributed by atoms with Crippen LogP contribution in [0.1, 0.15) is 26.7 Å². The molecule has 64 valence electrons. The van der Waals surface area contributed by atoms with E-state index < -0.39 is 14.9 Å². The molecule has 11 heavy (non-hydrogen) atoms. The molecule has 0 heterocycles. The van der Waals surface area contributed by atoms with Crippen LogP contribution in [0.4, 0.5) is 0 Å². The molecule has 0 amide bonds. The molecule has 0 fully saturated rings. The summed E-state index contributed by atoms with van der Waals surface area (Å²) in [7, 11) is -2.83. The Hall–Kier alpha value is -0.490. The second kappa shape index (κ2) is 12.2. The second-order valence-corrected chi connectivity index (χ2v) is 2.36. The van der Waals surface area contributed by atoms with Crippen LogP contribution in [0.15, 0.2) is 0 Å². The van der Waals surface area contributed by atoms with Crippen LogP contribution in [-0.4, -0.2) is 6.61 Å². The van der Waals surface area contributed by atoms with Crippen molar-refractivity contribution < 1.29 is 14.0 Å². The predicted octanol–water partition coefficient (Wildman–Crippen LogP) is 1.35. The van der Waals surface area contributed by atoms with Crippen LogP contribution in [0.25, 0.3) is 0 Å². The van der Waals surface area contributed by atoms with Crippen LogP contribution in [0.3, 0.4) is 0 Å². The Morgan fingerprint density at radius 3 is 2.09 bits per heavy atom. The van der Waals surface area contributed by atoms with Crippen LogP contribution in [0, 0.1) is 11.3 Å². The lowest BCUT2D eigenvalue weighted by Crippen LogP contribution is -1.90. The Morgan fingerprint density at radius 2 is 2.00 bits per heavy atom. The summed E-state index contributed by atoms with van der Waals surface area (Å²) >= 11 is 0. The first kappa shape index (κ1) is 13.1. The van der Waals surface area contributed by atoms with Gasteiger partial charge < -0.3 is 4.89 Å². The minimum atomic E-state index is -2.83. The highest BCUT2D eigenvalue weighted by Crippen LogP contribution is 2.05. The van der Waals surface area contributed by atoms with Crippen LogP contribution < -0.4 is 4.89 Å². The molecular weight excluding hydrogens is 165 g/mol. The summed E-state index contributed by atoms with van der Waals surface area (Å²) in [5, 5.41) is 7.67. The first-order valence-electron chi connectivity index (χ1n) is 3.33. The van der Waals surface area contributed by atoms with E-state index in [0.717, 1.165) is 0 Å². The van der Waals surface area contributed by atoms with Crippen molar-refractivity contribution in [3.63, 3.8) is 0 Å². The van der Waals surface area contributed by atoms with Crippen LogP contribution in [0.2, 0.25) is 0 Å². The number of rotatable bonds is 3. The SMILES string of the molecule is CCCC.N#CCO[P+](=O)[O-].